The molecule has 0 spiro atoms. The molecule has 298 valence electrons. The molecule has 1 aliphatic heterocycles. The van der Waals surface area contributed by atoms with Crippen molar-refractivity contribution in [3.8, 4) is 0 Å². The highest BCUT2D eigenvalue weighted by Gasteiger charge is 2.50. The molecular weight excluding hydrogens is 1030 g/mol. The smallest absolute Gasteiger partial charge is 0.107 e. The van der Waals surface area contributed by atoms with Crippen LogP contribution in [-0.4, -0.2) is 21.5 Å². The molecule has 9 rings (SSSR count). The first-order chi connectivity index (χ1) is 28.6. The molecule has 8 aromatic carbocycles. The van der Waals surface area contributed by atoms with E-state index in [2.05, 4.69) is 217 Å². The minimum Gasteiger partial charge on any atom is -0.107 e. The SMILES string of the molecule is Cc1cc(Cl)cc(C)c1B(c1ccccc1Br)c1ccccc1Br.Cc1cc(Cl)cc(C)c1B1c2ccccc2[Si](c2ccccc2)(c2ccccc2)c2ccccc21.I.[HH]. The van der Waals surface area contributed by atoms with E-state index in [0.29, 0.717) is 0 Å². The van der Waals surface area contributed by atoms with Gasteiger partial charge in [0.25, 0.3) is 0 Å². The standard InChI is InChI=1S/C32H26BClSi.C20H16BBr2Cl.HI.H2/c1-23-21-25(34)22-24(2)32(23)33-28-17-9-11-19-30(28)35(26-13-5-3-6-14-26,27-15-7-4-8-16-27)31-20-12-10-18-29(31)33;1-13-11-15(24)12-14(2)20(13)21(16-7-3-5-9-18(16)22)17-8-4-6-10-19(17)23;;/h3-22H,1-2H3;3-12H,1-2H3;2*1H. The first-order valence-corrected chi connectivity index (χ1v) is 24.3. The van der Waals surface area contributed by atoms with Gasteiger partial charge in [-0.25, -0.2) is 0 Å². The van der Waals surface area contributed by atoms with E-state index in [1.165, 1.54) is 75.8 Å². The summed E-state index contributed by atoms with van der Waals surface area (Å²) < 4.78 is 2.22. The van der Waals surface area contributed by atoms with Gasteiger partial charge in [0.2, 0.25) is 13.4 Å². The van der Waals surface area contributed by atoms with E-state index in [4.69, 9.17) is 23.2 Å². The van der Waals surface area contributed by atoms with Crippen molar-refractivity contribution in [2.45, 2.75) is 27.7 Å². The summed E-state index contributed by atoms with van der Waals surface area (Å²) in [5.41, 5.74) is 12.9. The first kappa shape index (κ1) is 44.4. The lowest BCUT2D eigenvalue weighted by Gasteiger charge is -2.43. The van der Waals surface area contributed by atoms with Crippen molar-refractivity contribution in [1.29, 1.82) is 0 Å². The summed E-state index contributed by atoms with van der Waals surface area (Å²) in [5, 5.41) is 7.40. The van der Waals surface area contributed by atoms with Crippen molar-refractivity contribution in [3.63, 3.8) is 0 Å². The van der Waals surface area contributed by atoms with Gasteiger partial charge in [0.1, 0.15) is 0 Å². The van der Waals surface area contributed by atoms with E-state index in [1.54, 1.807) is 0 Å². The van der Waals surface area contributed by atoms with Crippen molar-refractivity contribution in [2.24, 2.45) is 0 Å². The summed E-state index contributed by atoms with van der Waals surface area (Å²) in [4.78, 5) is 0. The normalized spacial score (nSPS) is 12.3. The van der Waals surface area contributed by atoms with E-state index in [1.807, 2.05) is 24.3 Å². The van der Waals surface area contributed by atoms with E-state index >= 15 is 0 Å². The number of halogens is 5. The van der Waals surface area contributed by atoms with Gasteiger partial charge in [-0.1, -0.05) is 256 Å². The zero-order chi connectivity index (χ0) is 41.3. The molecule has 0 nitrogen and oxygen atoms in total. The molecule has 8 heteroatoms. The van der Waals surface area contributed by atoms with Gasteiger partial charge in [0, 0.05) is 20.4 Å². The largest absolute Gasteiger partial charge is 0.244 e. The Kier molecular flexibility index (Phi) is 14.2. The van der Waals surface area contributed by atoms with Crippen molar-refractivity contribution in [1.82, 2.24) is 0 Å². The molecule has 0 N–H and O–H groups in total. The number of benzene rings is 8. The van der Waals surface area contributed by atoms with Crippen LogP contribution in [0, 0.1) is 27.7 Å². The molecule has 0 fully saturated rings. The van der Waals surface area contributed by atoms with Crippen LogP contribution in [0.15, 0.2) is 191 Å². The van der Waals surface area contributed by atoms with Crippen LogP contribution in [0.5, 0.6) is 0 Å². The lowest BCUT2D eigenvalue weighted by Crippen LogP contribution is -2.86. The van der Waals surface area contributed by atoms with Crippen molar-refractivity contribution in [3.05, 3.63) is 223 Å². The fourth-order valence-corrected chi connectivity index (χ4v) is 16.6. The molecule has 1 aliphatic rings. The Balaban J connectivity index is 0.000000211. The Labute approximate surface area is 402 Å². The first-order valence-electron chi connectivity index (χ1n) is 19.9. The van der Waals surface area contributed by atoms with Gasteiger partial charge >= 0.3 is 0 Å². The van der Waals surface area contributed by atoms with E-state index in [9.17, 15) is 0 Å². The number of aryl methyl sites for hydroxylation is 4. The van der Waals surface area contributed by atoms with Crippen LogP contribution in [-0.2, 0) is 0 Å². The van der Waals surface area contributed by atoms with Crippen molar-refractivity contribution >= 4 is 154 Å². The Bertz CT molecular complexity index is 2630. The molecule has 0 bridgehead atoms. The molecule has 0 amide bonds. The summed E-state index contributed by atoms with van der Waals surface area (Å²) >= 11 is 20.2. The highest BCUT2D eigenvalue weighted by molar-refractivity contribution is 14.0. The van der Waals surface area contributed by atoms with Gasteiger partial charge in [0.05, 0.1) is 0 Å². The Morgan fingerprint density at radius 2 is 0.817 bits per heavy atom. The number of hydrogen-bond acceptors (Lipinski definition) is 0. The third-order valence-corrected chi connectivity index (χ3v) is 18.7. The third-order valence-electron chi connectivity index (χ3n) is 11.9. The second kappa shape index (κ2) is 19.2. The zero-order valence-corrected chi connectivity index (χ0v) is 41.9. The van der Waals surface area contributed by atoms with Crippen LogP contribution in [0.3, 0.4) is 0 Å². The monoisotopic (exact) mass is 1070 g/mol. The minimum absolute atomic E-state index is 0. The molecule has 0 saturated carbocycles. The lowest BCUT2D eigenvalue weighted by molar-refractivity contribution is 1.42. The second-order valence-corrected chi connectivity index (χ2v) is 21.8. The fraction of sp³-hybridized carbons (Fsp3) is 0.0769. The van der Waals surface area contributed by atoms with Gasteiger partial charge < -0.3 is 0 Å². The van der Waals surface area contributed by atoms with Crippen LogP contribution in [0.4, 0.5) is 0 Å². The average molecular weight is 1080 g/mol. The molecule has 0 radical (unpaired) electrons. The van der Waals surface area contributed by atoms with Crippen LogP contribution in [0.1, 0.15) is 23.7 Å². The summed E-state index contributed by atoms with van der Waals surface area (Å²) in [6.07, 6.45) is 0. The number of hydrogen-bond donors (Lipinski definition) is 0. The van der Waals surface area contributed by atoms with Crippen LogP contribution < -0.4 is 53.5 Å². The summed E-state index contributed by atoms with van der Waals surface area (Å²) in [5.74, 6) is 0. The van der Waals surface area contributed by atoms with Gasteiger partial charge in [-0.05, 0) is 84.8 Å². The maximum Gasteiger partial charge on any atom is 0.244 e. The van der Waals surface area contributed by atoms with E-state index in [-0.39, 0.29) is 38.8 Å². The summed E-state index contributed by atoms with van der Waals surface area (Å²) in [6.45, 7) is 8.98. The molecule has 0 unspecified atom stereocenters. The Morgan fingerprint density at radius 1 is 0.467 bits per heavy atom. The maximum atomic E-state index is 6.47. The molecule has 0 aliphatic carbocycles. The van der Waals surface area contributed by atoms with Crippen LogP contribution in [0.25, 0.3) is 0 Å². The Hall–Kier alpha value is -3.62. The molecule has 0 aromatic heterocycles. The Morgan fingerprint density at radius 3 is 1.23 bits per heavy atom. The molecule has 0 saturated heterocycles. The second-order valence-electron chi connectivity index (χ2n) is 15.5. The molecule has 1 heterocycles. The summed E-state index contributed by atoms with van der Waals surface area (Å²) in [6, 6.07) is 65.9. The number of fused-ring (bicyclic) bond motifs is 2. The van der Waals surface area contributed by atoms with E-state index in [0.717, 1.165) is 19.0 Å². The highest BCUT2D eigenvalue weighted by Crippen LogP contribution is 2.19. The lowest BCUT2D eigenvalue weighted by atomic mass is 9.35. The third kappa shape index (κ3) is 8.33. The van der Waals surface area contributed by atoms with Gasteiger partial charge in [-0.3, -0.25) is 0 Å². The number of rotatable bonds is 6. The zero-order valence-electron chi connectivity index (χ0n) is 33.9. The van der Waals surface area contributed by atoms with Crippen molar-refractivity contribution < 1.29 is 1.43 Å². The molecule has 60 heavy (non-hydrogen) atoms. The van der Waals surface area contributed by atoms with Crippen LogP contribution in [0.2, 0.25) is 10.0 Å². The average Bonchev–Trinajstić information content (AvgIpc) is 3.23. The molecule has 8 aromatic rings. The van der Waals surface area contributed by atoms with Gasteiger partial charge in [-0.2, -0.15) is 0 Å². The maximum absolute atomic E-state index is 6.47. The van der Waals surface area contributed by atoms with Gasteiger partial charge in [-0.15, -0.1) is 24.0 Å². The minimum atomic E-state index is -2.52. The van der Waals surface area contributed by atoms with Crippen molar-refractivity contribution in [2.75, 3.05) is 0 Å². The van der Waals surface area contributed by atoms with E-state index < -0.39 is 8.07 Å². The topological polar surface area (TPSA) is 0 Å². The quantitative estimate of drug-likeness (QED) is 0.115. The predicted octanol–water partition coefficient (Wildman–Crippen LogP) is 9.03. The fourth-order valence-electron chi connectivity index (χ4n) is 9.62. The molecular formula is C52H45B2Br2Cl2ISi. The van der Waals surface area contributed by atoms with Gasteiger partial charge in [0.15, 0.2) is 8.07 Å². The highest BCUT2D eigenvalue weighted by atomic mass is 127. The summed E-state index contributed by atoms with van der Waals surface area (Å²) in [7, 11) is -2.52. The molecule has 0 atom stereocenters. The van der Waals surface area contributed by atoms with Crippen LogP contribution >= 0.6 is 79.0 Å². The predicted molar refractivity (Wildman–Crippen MR) is 287 cm³/mol.